The Bertz CT molecular complexity index is 363. The fraction of sp³-hybridized carbons (Fsp3) is 0.417. The van der Waals surface area contributed by atoms with Gasteiger partial charge in [0.25, 0.3) is 0 Å². The first-order valence-electron chi connectivity index (χ1n) is 5.00. The lowest BCUT2D eigenvalue weighted by Gasteiger charge is -2.04. The minimum Gasteiger partial charge on any atom is -0.494 e. The Balaban J connectivity index is 2.61. The van der Waals surface area contributed by atoms with E-state index in [4.69, 9.17) is 9.47 Å². The number of benzene rings is 1. The van der Waals surface area contributed by atoms with Crippen LogP contribution in [0.1, 0.15) is 12.0 Å². The molecule has 0 aromatic heterocycles. The number of halogens is 1. The van der Waals surface area contributed by atoms with Crippen LogP contribution < -0.4 is 4.74 Å². The van der Waals surface area contributed by atoms with Crippen molar-refractivity contribution in [2.75, 3.05) is 20.8 Å². The molecular weight excluding hydrogens is 211 g/mol. The van der Waals surface area contributed by atoms with E-state index in [0.717, 1.165) is 0 Å². The van der Waals surface area contributed by atoms with Crippen molar-refractivity contribution < 1.29 is 18.7 Å². The van der Waals surface area contributed by atoms with Crippen LogP contribution in [0.25, 0.3) is 0 Å². The molecule has 88 valence electrons. The van der Waals surface area contributed by atoms with Crippen molar-refractivity contribution in [3.63, 3.8) is 0 Å². The predicted octanol–water partition coefficient (Wildman–Crippen LogP) is 1.98. The summed E-state index contributed by atoms with van der Waals surface area (Å²) in [5.74, 6) is -0.223. The van der Waals surface area contributed by atoms with Gasteiger partial charge < -0.3 is 9.47 Å². The Labute approximate surface area is 94.2 Å². The number of Topliss-reactive ketones (excluding diaryl/α,β-unsaturated/α-hetero) is 1. The zero-order valence-corrected chi connectivity index (χ0v) is 9.46. The van der Waals surface area contributed by atoms with E-state index in [-0.39, 0.29) is 18.0 Å². The van der Waals surface area contributed by atoms with Gasteiger partial charge in [-0.15, -0.1) is 0 Å². The van der Waals surface area contributed by atoms with Gasteiger partial charge in [0.1, 0.15) is 5.78 Å². The molecule has 0 aliphatic carbocycles. The van der Waals surface area contributed by atoms with Gasteiger partial charge in [-0.1, -0.05) is 6.07 Å². The highest BCUT2D eigenvalue weighted by Gasteiger charge is 2.07. The van der Waals surface area contributed by atoms with Crippen LogP contribution >= 0.6 is 0 Å². The van der Waals surface area contributed by atoms with Gasteiger partial charge in [0.2, 0.25) is 0 Å². The van der Waals surface area contributed by atoms with Crippen molar-refractivity contribution in [1.29, 1.82) is 0 Å². The number of carbonyl (C=O) groups is 1. The fourth-order valence-electron chi connectivity index (χ4n) is 1.35. The Hall–Kier alpha value is -1.42. The number of ether oxygens (including phenoxy) is 2. The summed E-state index contributed by atoms with van der Waals surface area (Å²) in [6.07, 6.45) is 0.578. The third-order valence-corrected chi connectivity index (χ3v) is 2.20. The maximum atomic E-state index is 13.3. The van der Waals surface area contributed by atoms with E-state index in [9.17, 15) is 9.18 Å². The maximum Gasteiger partial charge on any atom is 0.165 e. The maximum absolute atomic E-state index is 13.3. The van der Waals surface area contributed by atoms with Gasteiger partial charge >= 0.3 is 0 Å². The molecule has 0 spiro atoms. The summed E-state index contributed by atoms with van der Waals surface area (Å²) in [6, 6.07) is 4.53. The van der Waals surface area contributed by atoms with Crippen molar-refractivity contribution in [3.8, 4) is 5.75 Å². The standard InChI is InChI=1S/C12H15FO3/c1-15-6-5-10(14)7-9-3-4-12(16-2)11(13)8-9/h3-4,8H,5-7H2,1-2H3. The van der Waals surface area contributed by atoms with E-state index >= 15 is 0 Å². The van der Waals surface area contributed by atoms with Crippen LogP contribution in [0, 0.1) is 5.82 Å². The molecule has 0 heterocycles. The average Bonchev–Trinajstić information content (AvgIpc) is 2.26. The minimum absolute atomic E-state index is 0.0337. The number of methoxy groups -OCH3 is 2. The summed E-state index contributed by atoms with van der Waals surface area (Å²) in [6.45, 7) is 0.400. The monoisotopic (exact) mass is 226 g/mol. The molecule has 0 amide bonds. The molecule has 3 nitrogen and oxygen atoms in total. The molecule has 1 rings (SSSR count). The second-order valence-electron chi connectivity index (χ2n) is 3.43. The topological polar surface area (TPSA) is 35.5 Å². The zero-order chi connectivity index (χ0) is 12.0. The van der Waals surface area contributed by atoms with Gasteiger partial charge in [-0.25, -0.2) is 4.39 Å². The molecule has 0 saturated heterocycles. The molecule has 0 bridgehead atoms. The second kappa shape index (κ2) is 6.23. The molecule has 0 unspecified atom stereocenters. The van der Waals surface area contributed by atoms with Crippen molar-refractivity contribution in [1.82, 2.24) is 0 Å². The molecule has 1 aromatic carbocycles. The van der Waals surface area contributed by atoms with E-state index < -0.39 is 5.82 Å². The van der Waals surface area contributed by atoms with Gasteiger partial charge in [0.05, 0.1) is 13.7 Å². The van der Waals surface area contributed by atoms with Crippen molar-refractivity contribution in [2.24, 2.45) is 0 Å². The quantitative estimate of drug-likeness (QED) is 0.744. The molecular formula is C12H15FO3. The fourth-order valence-corrected chi connectivity index (χ4v) is 1.35. The Morgan fingerprint density at radius 1 is 1.38 bits per heavy atom. The summed E-state index contributed by atoms with van der Waals surface area (Å²) in [5, 5.41) is 0. The number of carbonyl (C=O) groups excluding carboxylic acids is 1. The highest BCUT2D eigenvalue weighted by atomic mass is 19.1. The summed E-state index contributed by atoms with van der Waals surface area (Å²) in [4.78, 5) is 11.4. The molecule has 0 atom stereocenters. The summed E-state index contributed by atoms with van der Waals surface area (Å²) in [7, 11) is 2.95. The highest BCUT2D eigenvalue weighted by Crippen LogP contribution is 2.18. The van der Waals surface area contributed by atoms with Crippen LogP contribution in [-0.2, 0) is 16.0 Å². The van der Waals surface area contributed by atoms with E-state index in [0.29, 0.717) is 18.6 Å². The molecule has 0 aliphatic rings. The Morgan fingerprint density at radius 3 is 2.69 bits per heavy atom. The van der Waals surface area contributed by atoms with Crippen molar-refractivity contribution in [2.45, 2.75) is 12.8 Å². The molecule has 0 radical (unpaired) electrons. The van der Waals surface area contributed by atoms with Crippen LogP contribution in [0.2, 0.25) is 0 Å². The molecule has 4 heteroatoms. The van der Waals surface area contributed by atoms with E-state index in [1.807, 2.05) is 0 Å². The van der Waals surface area contributed by atoms with Crippen LogP contribution in [0.3, 0.4) is 0 Å². The third-order valence-electron chi connectivity index (χ3n) is 2.20. The van der Waals surface area contributed by atoms with Gasteiger partial charge in [-0.2, -0.15) is 0 Å². The first kappa shape index (κ1) is 12.6. The molecule has 0 N–H and O–H groups in total. The summed E-state index contributed by atoms with van der Waals surface area (Å²) in [5.41, 5.74) is 0.652. The van der Waals surface area contributed by atoms with E-state index in [2.05, 4.69) is 0 Å². The smallest absolute Gasteiger partial charge is 0.165 e. The molecule has 0 saturated carbocycles. The van der Waals surface area contributed by atoms with Crippen LogP contribution in [0.15, 0.2) is 18.2 Å². The lowest BCUT2D eigenvalue weighted by Crippen LogP contribution is -2.06. The molecule has 16 heavy (non-hydrogen) atoms. The average molecular weight is 226 g/mol. The number of hydrogen-bond donors (Lipinski definition) is 0. The lowest BCUT2D eigenvalue weighted by atomic mass is 10.1. The number of hydrogen-bond acceptors (Lipinski definition) is 3. The molecule has 0 aliphatic heterocycles. The highest BCUT2D eigenvalue weighted by molar-refractivity contribution is 5.80. The number of rotatable bonds is 6. The first-order chi connectivity index (χ1) is 7.67. The SMILES string of the molecule is COCCC(=O)Cc1ccc(OC)c(F)c1. The second-order valence-corrected chi connectivity index (χ2v) is 3.43. The van der Waals surface area contributed by atoms with Gasteiger partial charge in [0, 0.05) is 20.0 Å². The van der Waals surface area contributed by atoms with E-state index in [1.54, 1.807) is 13.2 Å². The van der Waals surface area contributed by atoms with E-state index in [1.165, 1.54) is 19.2 Å². The molecule has 1 aromatic rings. The summed E-state index contributed by atoms with van der Waals surface area (Å²) < 4.78 is 22.9. The zero-order valence-electron chi connectivity index (χ0n) is 9.46. The minimum atomic E-state index is -0.445. The van der Waals surface area contributed by atoms with Gasteiger partial charge in [0.15, 0.2) is 11.6 Å². The number of ketones is 1. The van der Waals surface area contributed by atoms with Crippen molar-refractivity contribution >= 4 is 5.78 Å². The normalized spacial score (nSPS) is 10.2. The Kier molecular flexibility index (Phi) is 4.92. The van der Waals surface area contributed by atoms with Crippen LogP contribution in [0.5, 0.6) is 5.75 Å². The van der Waals surface area contributed by atoms with Crippen molar-refractivity contribution in [3.05, 3.63) is 29.6 Å². The Morgan fingerprint density at radius 2 is 2.12 bits per heavy atom. The molecule has 0 fully saturated rings. The largest absolute Gasteiger partial charge is 0.494 e. The lowest BCUT2D eigenvalue weighted by molar-refractivity contribution is -0.119. The van der Waals surface area contributed by atoms with Crippen LogP contribution in [-0.4, -0.2) is 26.6 Å². The van der Waals surface area contributed by atoms with Gasteiger partial charge in [-0.3, -0.25) is 4.79 Å². The third kappa shape index (κ3) is 3.62. The van der Waals surface area contributed by atoms with Gasteiger partial charge in [-0.05, 0) is 17.7 Å². The first-order valence-corrected chi connectivity index (χ1v) is 5.00. The van der Waals surface area contributed by atoms with Crippen LogP contribution in [0.4, 0.5) is 4.39 Å². The summed E-state index contributed by atoms with van der Waals surface area (Å²) >= 11 is 0. The predicted molar refractivity (Wildman–Crippen MR) is 58.2 cm³/mol.